The Balaban J connectivity index is 2.08. The Morgan fingerprint density at radius 1 is 1.11 bits per heavy atom. The normalized spacial score (nSPS) is 16.8. The van der Waals surface area contributed by atoms with Crippen LogP contribution in [0.3, 0.4) is 0 Å². The van der Waals surface area contributed by atoms with Gasteiger partial charge in [0.25, 0.3) is 0 Å². The van der Waals surface area contributed by atoms with Gasteiger partial charge in [-0.25, -0.2) is 9.37 Å². The maximum Gasteiger partial charge on any atom is 0.136 e. The van der Waals surface area contributed by atoms with Crippen LogP contribution in [0.2, 0.25) is 0 Å². The molecule has 1 N–H and O–H groups in total. The van der Waals surface area contributed by atoms with Crippen molar-refractivity contribution in [2.24, 2.45) is 0 Å². The Morgan fingerprint density at radius 3 is 3.00 bits per heavy atom. The summed E-state index contributed by atoms with van der Waals surface area (Å²) >= 11 is 0. The van der Waals surface area contributed by atoms with Gasteiger partial charge in [-0.05, 0) is 25.1 Å². The van der Waals surface area contributed by atoms with Crippen molar-refractivity contribution in [2.75, 3.05) is 31.1 Å². The van der Waals surface area contributed by atoms with Crippen molar-refractivity contribution < 1.29 is 4.39 Å². The number of halogens is 1. The van der Waals surface area contributed by atoms with E-state index >= 15 is 0 Å². The average Bonchev–Trinajstić information content (AvgIpc) is 2.67. The first-order chi connectivity index (χ1) is 8.86. The molecule has 2 heterocycles. The molecule has 1 aromatic carbocycles. The molecule has 1 aliphatic rings. The van der Waals surface area contributed by atoms with E-state index in [2.05, 4.69) is 15.2 Å². The quantitative estimate of drug-likeness (QED) is 0.834. The molecule has 0 saturated carbocycles. The van der Waals surface area contributed by atoms with Gasteiger partial charge in [0.2, 0.25) is 0 Å². The van der Waals surface area contributed by atoms with Crippen LogP contribution in [-0.4, -0.2) is 31.2 Å². The van der Waals surface area contributed by atoms with E-state index in [1.54, 1.807) is 18.3 Å². The molecule has 4 heteroatoms. The summed E-state index contributed by atoms with van der Waals surface area (Å²) in [5, 5.41) is 4.92. The number of benzene rings is 1. The molecule has 3 nitrogen and oxygen atoms in total. The summed E-state index contributed by atoms with van der Waals surface area (Å²) < 4.78 is 13.8. The van der Waals surface area contributed by atoms with Gasteiger partial charge in [-0.1, -0.05) is 12.1 Å². The number of nitrogens with zero attached hydrogens (tertiary/aromatic N) is 2. The van der Waals surface area contributed by atoms with Gasteiger partial charge >= 0.3 is 0 Å². The van der Waals surface area contributed by atoms with E-state index in [0.717, 1.165) is 43.8 Å². The second-order valence-electron chi connectivity index (χ2n) is 4.56. The number of hydrogen-bond acceptors (Lipinski definition) is 3. The molecule has 0 amide bonds. The summed E-state index contributed by atoms with van der Waals surface area (Å²) in [7, 11) is 0. The highest BCUT2D eigenvalue weighted by Crippen LogP contribution is 2.26. The summed E-state index contributed by atoms with van der Waals surface area (Å²) in [6.07, 6.45) is 2.78. The van der Waals surface area contributed by atoms with E-state index in [0.29, 0.717) is 5.39 Å². The minimum atomic E-state index is -0.177. The van der Waals surface area contributed by atoms with Gasteiger partial charge in [0.15, 0.2) is 0 Å². The molecule has 18 heavy (non-hydrogen) atoms. The summed E-state index contributed by atoms with van der Waals surface area (Å²) in [6, 6.07) is 6.93. The molecule has 1 aromatic heterocycles. The van der Waals surface area contributed by atoms with E-state index in [1.807, 2.05) is 6.07 Å². The van der Waals surface area contributed by atoms with Gasteiger partial charge in [0.1, 0.15) is 11.6 Å². The fourth-order valence-corrected chi connectivity index (χ4v) is 2.46. The lowest BCUT2D eigenvalue weighted by atomic mass is 10.1. The van der Waals surface area contributed by atoms with Gasteiger partial charge in [-0.15, -0.1) is 0 Å². The number of aromatic nitrogens is 1. The van der Waals surface area contributed by atoms with Crippen molar-refractivity contribution in [2.45, 2.75) is 6.42 Å². The predicted molar refractivity (Wildman–Crippen MR) is 71.4 cm³/mol. The van der Waals surface area contributed by atoms with Gasteiger partial charge in [0, 0.05) is 36.6 Å². The molecular weight excluding hydrogens is 229 g/mol. The largest absolute Gasteiger partial charge is 0.355 e. The molecule has 2 aromatic rings. The van der Waals surface area contributed by atoms with E-state index in [9.17, 15) is 4.39 Å². The highest BCUT2D eigenvalue weighted by Gasteiger charge is 2.14. The molecule has 0 unspecified atom stereocenters. The molecule has 3 rings (SSSR count). The third-order valence-corrected chi connectivity index (χ3v) is 3.37. The molecule has 0 atom stereocenters. The topological polar surface area (TPSA) is 28.2 Å². The Bertz CT molecular complexity index is 548. The fourth-order valence-electron chi connectivity index (χ4n) is 2.46. The van der Waals surface area contributed by atoms with Crippen LogP contribution < -0.4 is 10.2 Å². The molecule has 0 aliphatic carbocycles. The minimum Gasteiger partial charge on any atom is -0.355 e. The number of rotatable bonds is 1. The number of hydrogen-bond donors (Lipinski definition) is 1. The number of fused-ring (bicyclic) bond motifs is 1. The zero-order chi connectivity index (χ0) is 12.4. The molecule has 0 spiro atoms. The molecule has 0 bridgehead atoms. The molecule has 1 aliphatic heterocycles. The second kappa shape index (κ2) is 4.90. The predicted octanol–water partition coefficient (Wildman–Crippen LogP) is 2.17. The zero-order valence-corrected chi connectivity index (χ0v) is 10.2. The van der Waals surface area contributed by atoms with E-state index in [4.69, 9.17) is 0 Å². The van der Waals surface area contributed by atoms with Crippen LogP contribution in [-0.2, 0) is 0 Å². The first-order valence-electron chi connectivity index (χ1n) is 6.35. The minimum absolute atomic E-state index is 0.177. The lowest BCUT2D eigenvalue weighted by molar-refractivity contribution is 0.639. The monoisotopic (exact) mass is 245 g/mol. The van der Waals surface area contributed by atoms with Crippen LogP contribution in [0.5, 0.6) is 0 Å². The van der Waals surface area contributed by atoms with Crippen molar-refractivity contribution in [1.82, 2.24) is 10.3 Å². The van der Waals surface area contributed by atoms with E-state index in [1.165, 1.54) is 6.07 Å². The molecule has 1 saturated heterocycles. The summed E-state index contributed by atoms with van der Waals surface area (Å²) in [4.78, 5) is 6.68. The Hall–Kier alpha value is -1.68. The molecule has 94 valence electrons. The van der Waals surface area contributed by atoms with Gasteiger partial charge in [-0.3, -0.25) is 0 Å². The third-order valence-electron chi connectivity index (χ3n) is 3.37. The summed E-state index contributed by atoms with van der Waals surface area (Å²) in [5.41, 5.74) is 0. The molecule has 1 fully saturated rings. The highest BCUT2D eigenvalue weighted by molar-refractivity contribution is 5.92. The van der Waals surface area contributed by atoms with Crippen molar-refractivity contribution >= 4 is 16.6 Å². The standard InChI is InChI=1S/C14H16FN3/c15-13-4-1-3-12-11(13)5-7-17-14(12)18-9-2-6-16-8-10-18/h1,3-5,7,16H,2,6,8-10H2. The lowest BCUT2D eigenvalue weighted by Crippen LogP contribution is -2.28. The van der Waals surface area contributed by atoms with E-state index in [-0.39, 0.29) is 5.82 Å². The average molecular weight is 245 g/mol. The number of anilines is 1. The lowest BCUT2D eigenvalue weighted by Gasteiger charge is -2.22. The first kappa shape index (κ1) is 11.4. The maximum atomic E-state index is 13.8. The van der Waals surface area contributed by atoms with Crippen LogP contribution >= 0.6 is 0 Å². The van der Waals surface area contributed by atoms with E-state index < -0.39 is 0 Å². The zero-order valence-electron chi connectivity index (χ0n) is 10.2. The van der Waals surface area contributed by atoms with Gasteiger partial charge in [-0.2, -0.15) is 0 Å². The van der Waals surface area contributed by atoms with Crippen LogP contribution in [0.25, 0.3) is 10.8 Å². The van der Waals surface area contributed by atoms with Crippen molar-refractivity contribution in [3.63, 3.8) is 0 Å². The number of pyridine rings is 1. The van der Waals surface area contributed by atoms with Crippen molar-refractivity contribution in [3.05, 3.63) is 36.3 Å². The Labute approximate surface area is 106 Å². The summed E-state index contributed by atoms with van der Waals surface area (Å²) in [5.74, 6) is 0.722. The second-order valence-corrected chi connectivity index (χ2v) is 4.56. The Kier molecular flexibility index (Phi) is 3.11. The Morgan fingerprint density at radius 2 is 2.06 bits per heavy atom. The van der Waals surface area contributed by atoms with Gasteiger partial charge in [0.05, 0.1) is 0 Å². The van der Waals surface area contributed by atoms with Crippen LogP contribution in [0.1, 0.15) is 6.42 Å². The molecular formula is C14H16FN3. The van der Waals surface area contributed by atoms with Crippen LogP contribution in [0.15, 0.2) is 30.5 Å². The SMILES string of the molecule is Fc1cccc2c(N3CCCNCC3)nccc12. The maximum absolute atomic E-state index is 13.8. The van der Waals surface area contributed by atoms with Crippen molar-refractivity contribution in [3.8, 4) is 0 Å². The summed E-state index contributed by atoms with van der Waals surface area (Å²) in [6.45, 7) is 3.88. The first-order valence-corrected chi connectivity index (χ1v) is 6.35. The smallest absolute Gasteiger partial charge is 0.136 e. The highest BCUT2D eigenvalue weighted by atomic mass is 19.1. The van der Waals surface area contributed by atoms with Crippen LogP contribution in [0, 0.1) is 5.82 Å². The van der Waals surface area contributed by atoms with Crippen molar-refractivity contribution in [1.29, 1.82) is 0 Å². The van der Waals surface area contributed by atoms with Gasteiger partial charge < -0.3 is 10.2 Å². The fraction of sp³-hybridized carbons (Fsp3) is 0.357. The number of nitrogens with one attached hydrogen (secondary N) is 1. The molecule has 0 radical (unpaired) electrons. The van der Waals surface area contributed by atoms with Crippen LogP contribution in [0.4, 0.5) is 10.2 Å². The third kappa shape index (κ3) is 2.04.